The van der Waals surface area contributed by atoms with Crippen molar-refractivity contribution in [1.82, 2.24) is 0 Å². The highest BCUT2D eigenvalue weighted by molar-refractivity contribution is 7.92. The topological polar surface area (TPSA) is 97.7 Å². The molecule has 1 aliphatic heterocycles. The molecule has 6 atom stereocenters. The highest BCUT2D eigenvalue weighted by Gasteiger charge is 2.51. The van der Waals surface area contributed by atoms with Crippen LogP contribution >= 0.6 is 0 Å². The predicted molar refractivity (Wildman–Crippen MR) is 144 cm³/mol. The first-order chi connectivity index (χ1) is 17.4. The number of rotatable bonds is 6. The van der Waals surface area contributed by atoms with Crippen LogP contribution in [-0.4, -0.2) is 45.7 Å². The maximum absolute atomic E-state index is 13.4. The molecule has 0 bridgehead atoms. The molecule has 8 heteroatoms. The van der Waals surface area contributed by atoms with Crippen molar-refractivity contribution in [2.45, 2.75) is 88.4 Å². The van der Waals surface area contributed by atoms with Gasteiger partial charge in [-0.05, 0) is 99.2 Å². The van der Waals surface area contributed by atoms with Gasteiger partial charge < -0.3 is 5.11 Å². The summed E-state index contributed by atoms with van der Waals surface area (Å²) in [6.45, 7) is 6.55. The number of benzene rings is 1. The first kappa shape index (κ1) is 27.1. The van der Waals surface area contributed by atoms with Crippen LogP contribution in [0.2, 0.25) is 0 Å². The van der Waals surface area contributed by atoms with E-state index in [-0.39, 0.29) is 28.6 Å². The van der Waals surface area contributed by atoms with Crippen molar-refractivity contribution in [2.75, 3.05) is 12.4 Å². The zero-order valence-electron chi connectivity index (χ0n) is 22.1. The first-order valence-corrected chi connectivity index (χ1v) is 16.8. The monoisotopic (exact) mass is 548 g/mol. The van der Waals surface area contributed by atoms with Gasteiger partial charge in [-0.15, -0.1) is 0 Å². The third kappa shape index (κ3) is 4.99. The van der Waals surface area contributed by atoms with Crippen molar-refractivity contribution in [3.05, 3.63) is 52.6 Å². The van der Waals surface area contributed by atoms with E-state index in [4.69, 9.17) is 4.18 Å². The zero-order chi connectivity index (χ0) is 26.6. The average molecular weight is 549 g/mol. The molecule has 0 saturated heterocycles. The predicted octanol–water partition coefficient (Wildman–Crippen LogP) is 5.12. The van der Waals surface area contributed by atoms with Crippen LogP contribution < -0.4 is 0 Å². The maximum Gasteiger partial charge on any atom is 0.297 e. The molecule has 37 heavy (non-hydrogen) atoms. The largest absolute Gasteiger partial charge is 0.396 e. The van der Waals surface area contributed by atoms with Gasteiger partial charge in [-0.3, -0.25) is 4.18 Å². The van der Waals surface area contributed by atoms with Crippen LogP contribution in [0.25, 0.3) is 0 Å². The average Bonchev–Trinajstić information content (AvgIpc) is 3.32. The van der Waals surface area contributed by atoms with E-state index in [1.807, 2.05) is 13.0 Å². The van der Waals surface area contributed by atoms with Gasteiger partial charge in [-0.2, -0.15) is 8.42 Å². The lowest BCUT2D eigenvalue weighted by Gasteiger charge is -2.44. The van der Waals surface area contributed by atoms with Crippen molar-refractivity contribution < 1.29 is 26.1 Å². The molecule has 1 heterocycles. The lowest BCUT2D eigenvalue weighted by atomic mass is 9.61. The molecule has 2 saturated carbocycles. The summed E-state index contributed by atoms with van der Waals surface area (Å²) < 4.78 is 58.2. The third-order valence-corrected chi connectivity index (χ3v) is 13.0. The Balaban J connectivity index is 1.39. The summed E-state index contributed by atoms with van der Waals surface area (Å²) in [5, 5.41) is 9.15. The molecule has 0 aromatic heterocycles. The Labute approximate surface area is 222 Å². The number of aliphatic hydroxyl groups is 1. The van der Waals surface area contributed by atoms with E-state index in [1.54, 1.807) is 24.3 Å². The number of sulfone groups is 1. The van der Waals surface area contributed by atoms with Crippen molar-refractivity contribution in [1.29, 1.82) is 0 Å². The van der Waals surface area contributed by atoms with Crippen LogP contribution in [0.4, 0.5) is 0 Å². The fourth-order valence-corrected chi connectivity index (χ4v) is 11.0. The van der Waals surface area contributed by atoms with E-state index >= 15 is 0 Å². The van der Waals surface area contributed by atoms with Crippen LogP contribution in [0.1, 0.15) is 70.8 Å². The Hall–Kier alpha value is -1.48. The third-order valence-electron chi connectivity index (χ3n) is 9.73. The standard InChI is InChI=1S/C29H40O6S2/c1-19-6-10-24(11-7-19)37(33,34)35-23-9-8-22-18-36(31,32)28(25(22)16-23)15-21-5-4-14-29(3)26(20(2)17-30)12-13-27(21)29/h6-7,10-11,15,20,23,26-28,30H,4-5,8-9,12-14,16-18H2,1-3H3/b21-15+/t20-,23+,26?,27?,28?,29-/m1/s1. The van der Waals surface area contributed by atoms with Gasteiger partial charge in [0, 0.05) is 6.61 Å². The molecule has 1 aromatic rings. The highest BCUT2D eigenvalue weighted by atomic mass is 32.2. The number of aryl methyl sites for hydroxylation is 1. The van der Waals surface area contributed by atoms with Crippen LogP contribution in [0, 0.1) is 30.1 Å². The second-order valence-electron chi connectivity index (χ2n) is 12.1. The summed E-state index contributed by atoms with van der Waals surface area (Å²) in [6, 6.07) is 6.60. The van der Waals surface area contributed by atoms with E-state index in [0.29, 0.717) is 31.1 Å². The quantitative estimate of drug-likeness (QED) is 0.392. The van der Waals surface area contributed by atoms with Gasteiger partial charge in [0.15, 0.2) is 9.84 Å². The lowest BCUT2D eigenvalue weighted by molar-refractivity contribution is 0.0688. The highest BCUT2D eigenvalue weighted by Crippen LogP contribution is 2.59. The summed E-state index contributed by atoms with van der Waals surface area (Å²) in [5.74, 6) is 1.10. The minimum Gasteiger partial charge on any atom is -0.396 e. The Morgan fingerprint density at radius 2 is 1.89 bits per heavy atom. The van der Waals surface area contributed by atoms with Crippen molar-refractivity contribution in [2.24, 2.45) is 23.2 Å². The lowest BCUT2D eigenvalue weighted by Crippen LogP contribution is -2.37. The van der Waals surface area contributed by atoms with Crippen LogP contribution in [0.3, 0.4) is 0 Å². The van der Waals surface area contributed by atoms with Gasteiger partial charge in [-0.1, -0.05) is 48.8 Å². The molecule has 0 spiro atoms. The van der Waals surface area contributed by atoms with Crippen molar-refractivity contribution in [3.63, 3.8) is 0 Å². The normalized spacial score (nSPS) is 35.4. The molecule has 1 N–H and O–H groups in total. The first-order valence-electron chi connectivity index (χ1n) is 13.7. The summed E-state index contributed by atoms with van der Waals surface area (Å²) in [6.07, 6.45) is 8.03. The Morgan fingerprint density at radius 1 is 1.16 bits per heavy atom. The summed E-state index contributed by atoms with van der Waals surface area (Å²) >= 11 is 0. The molecule has 0 radical (unpaired) electrons. The number of aliphatic hydroxyl groups excluding tert-OH is 1. The number of fused-ring (bicyclic) bond motifs is 1. The maximum atomic E-state index is 13.4. The minimum absolute atomic E-state index is 0.0698. The van der Waals surface area contributed by atoms with Gasteiger partial charge in [0.2, 0.25) is 0 Å². The zero-order valence-corrected chi connectivity index (χ0v) is 23.8. The van der Waals surface area contributed by atoms with Crippen LogP contribution in [0.15, 0.2) is 52.0 Å². The van der Waals surface area contributed by atoms with E-state index in [0.717, 1.165) is 48.8 Å². The number of hydrogen-bond acceptors (Lipinski definition) is 6. The van der Waals surface area contributed by atoms with Gasteiger partial charge in [-0.25, -0.2) is 8.42 Å². The fraction of sp³-hybridized carbons (Fsp3) is 0.655. The molecule has 3 unspecified atom stereocenters. The van der Waals surface area contributed by atoms with Gasteiger partial charge in [0.05, 0.1) is 16.8 Å². The summed E-state index contributed by atoms with van der Waals surface area (Å²) in [7, 11) is -7.30. The minimum atomic E-state index is -3.92. The molecule has 3 aliphatic carbocycles. The second kappa shape index (κ2) is 9.92. The SMILES string of the molecule is Cc1ccc(S(=O)(=O)O[C@H]2CCC3=C(C2)C(/C=C2\CCC[C@@]4(C)C2CCC4[C@H](C)CO)S(=O)(=O)C3)cc1. The number of allylic oxidation sites excluding steroid dienone is 1. The van der Waals surface area contributed by atoms with E-state index in [9.17, 15) is 21.9 Å². The molecule has 6 nitrogen and oxygen atoms in total. The molecular weight excluding hydrogens is 508 g/mol. The van der Waals surface area contributed by atoms with E-state index < -0.39 is 31.3 Å². The Kier molecular flexibility index (Phi) is 7.27. The molecular formula is C29H40O6S2. The van der Waals surface area contributed by atoms with Crippen LogP contribution in [0.5, 0.6) is 0 Å². The molecule has 0 amide bonds. The van der Waals surface area contributed by atoms with Gasteiger partial charge >= 0.3 is 0 Å². The van der Waals surface area contributed by atoms with Crippen molar-refractivity contribution >= 4 is 20.0 Å². The van der Waals surface area contributed by atoms with Crippen molar-refractivity contribution in [3.8, 4) is 0 Å². The van der Waals surface area contributed by atoms with E-state index in [1.165, 1.54) is 5.57 Å². The van der Waals surface area contributed by atoms with E-state index in [2.05, 4.69) is 13.8 Å². The smallest absolute Gasteiger partial charge is 0.297 e. The fourth-order valence-electron chi connectivity index (χ4n) is 7.78. The van der Waals surface area contributed by atoms with Crippen LogP contribution in [-0.2, 0) is 24.1 Å². The Morgan fingerprint density at radius 3 is 2.59 bits per heavy atom. The number of hydrogen-bond donors (Lipinski definition) is 1. The molecule has 4 aliphatic rings. The molecule has 2 fully saturated rings. The molecule has 1 aromatic carbocycles. The van der Waals surface area contributed by atoms with Gasteiger partial charge in [0.25, 0.3) is 10.1 Å². The second-order valence-corrected chi connectivity index (χ2v) is 15.8. The molecule has 204 valence electrons. The summed E-state index contributed by atoms with van der Waals surface area (Å²) in [4.78, 5) is 0.130. The molecule has 5 rings (SSSR count). The Bertz CT molecular complexity index is 1310. The van der Waals surface area contributed by atoms with Gasteiger partial charge in [0.1, 0.15) is 5.25 Å². The summed E-state index contributed by atoms with van der Waals surface area (Å²) in [5.41, 5.74) is 4.11.